The van der Waals surface area contributed by atoms with Crippen molar-refractivity contribution in [3.8, 4) is 11.5 Å². The third kappa shape index (κ3) is 3.57. The van der Waals surface area contributed by atoms with Crippen LogP contribution in [0.5, 0.6) is 0 Å². The molecule has 0 saturated heterocycles. The lowest BCUT2D eigenvalue weighted by Gasteiger charge is -2.21. The molecular formula is C17H17N3O2S2. The normalized spacial score (nSPS) is 14.0. The Morgan fingerprint density at radius 1 is 1.29 bits per heavy atom. The van der Waals surface area contributed by atoms with Crippen LogP contribution in [0.2, 0.25) is 0 Å². The second-order valence-corrected chi connectivity index (χ2v) is 7.66. The molecule has 1 amide bonds. The first-order chi connectivity index (χ1) is 11.8. The molecule has 3 aromatic rings. The molecule has 0 atom stereocenters. The van der Waals surface area contributed by atoms with E-state index in [0.717, 1.165) is 18.4 Å². The Balaban J connectivity index is 1.36. The van der Waals surface area contributed by atoms with Gasteiger partial charge in [0, 0.05) is 34.7 Å². The van der Waals surface area contributed by atoms with E-state index < -0.39 is 0 Å². The Bertz CT molecular complexity index is 792. The SMILES string of the molecule is O=C(CCc1nnc(-c2ccsc2)o1)N(Cc1cccs1)C1CC1. The average Bonchev–Trinajstić information content (AvgIpc) is 3.06. The van der Waals surface area contributed by atoms with E-state index in [0.29, 0.717) is 37.2 Å². The van der Waals surface area contributed by atoms with Gasteiger partial charge in [0.1, 0.15) is 0 Å². The van der Waals surface area contributed by atoms with Gasteiger partial charge < -0.3 is 9.32 Å². The summed E-state index contributed by atoms with van der Waals surface area (Å²) in [6.45, 7) is 0.713. The first kappa shape index (κ1) is 15.5. The average molecular weight is 359 g/mol. The third-order valence-electron chi connectivity index (χ3n) is 4.00. The maximum atomic E-state index is 12.6. The monoisotopic (exact) mass is 359 g/mol. The zero-order chi connectivity index (χ0) is 16.4. The van der Waals surface area contributed by atoms with E-state index in [1.54, 1.807) is 22.7 Å². The Hall–Kier alpha value is -1.99. The number of aryl methyl sites for hydroxylation is 1. The predicted octanol–water partition coefficient (Wildman–Crippen LogP) is 3.98. The first-order valence-corrected chi connectivity index (χ1v) is 9.78. The fraction of sp³-hybridized carbons (Fsp3) is 0.353. The second kappa shape index (κ2) is 6.86. The van der Waals surface area contributed by atoms with Gasteiger partial charge in [0.05, 0.1) is 6.54 Å². The number of hydrogen-bond acceptors (Lipinski definition) is 6. The van der Waals surface area contributed by atoms with Crippen molar-refractivity contribution in [2.24, 2.45) is 0 Å². The van der Waals surface area contributed by atoms with Crippen LogP contribution >= 0.6 is 22.7 Å². The number of aromatic nitrogens is 2. The number of hydrogen-bond donors (Lipinski definition) is 0. The molecule has 0 N–H and O–H groups in total. The van der Waals surface area contributed by atoms with Crippen molar-refractivity contribution in [1.29, 1.82) is 0 Å². The molecule has 0 unspecified atom stereocenters. The van der Waals surface area contributed by atoms with E-state index in [9.17, 15) is 4.79 Å². The molecule has 24 heavy (non-hydrogen) atoms. The number of amides is 1. The third-order valence-corrected chi connectivity index (χ3v) is 5.55. The second-order valence-electron chi connectivity index (χ2n) is 5.85. The van der Waals surface area contributed by atoms with Crippen LogP contribution in [0.15, 0.2) is 38.8 Å². The molecule has 3 heterocycles. The molecule has 0 aliphatic heterocycles. The standard InChI is InChI=1S/C17H17N3O2S2/c21-16(20(13-3-4-13)10-14-2-1-8-24-14)6-5-15-18-19-17(22-15)12-7-9-23-11-12/h1-2,7-9,11,13H,3-6,10H2. The number of nitrogens with zero attached hydrogens (tertiary/aromatic N) is 3. The van der Waals surface area contributed by atoms with Crippen LogP contribution in [-0.2, 0) is 17.8 Å². The van der Waals surface area contributed by atoms with Gasteiger partial charge >= 0.3 is 0 Å². The highest BCUT2D eigenvalue weighted by atomic mass is 32.1. The van der Waals surface area contributed by atoms with Gasteiger partial charge in [-0.25, -0.2) is 0 Å². The van der Waals surface area contributed by atoms with E-state index in [2.05, 4.69) is 21.6 Å². The van der Waals surface area contributed by atoms with Crippen molar-refractivity contribution in [2.75, 3.05) is 0 Å². The number of carbonyl (C=O) groups is 1. The van der Waals surface area contributed by atoms with Gasteiger partial charge in [-0.1, -0.05) is 6.07 Å². The zero-order valence-corrected chi connectivity index (χ0v) is 14.7. The predicted molar refractivity (Wildman–Crippen MR) is 93.8 cm³/mol. The molecule has 0 radical (unpaired) electrons. The highest BCUT2D eigenvalue weighted by Gasteiger charge is 2.32. The molecule has 4 rings (SSSR count). The quantitative estimate of drug-likeness (QED) is 0.640. The van der Waals surface area contributed by atoms with Gasteiger partial charge in [0.2, 0.25) is 17.7 Å². The lowest BCUT2D eigenvalue weighted by Crippen LogP contribution is -2.32. The molecule has 0 bridgehead atoms. The van der Waals surface area contributed by atoms with Crippen molar-refractivity contribution < 1.29 is 9.21 Å². The molecule has 1 aliphatic rings. The lowest BCUT2D eigenvalue weighted by molar-refractivity contribution is -0.132. The zero-order valence-electron chi connectivity index (χ0n) is 13.1. The molecule has 1 aliphatic carbocycles. The summed E-state index contributed by atoms with van der Waals surface area (Å²) in [5, 5.41) is 14.1. The summed E-state index contributed by atoms with van der Waals surface area (Å²) < 4.78 is 5.66. The molecule has 0 aromatic carbocycles. The summed E-state index contributed by atoms with van der Waals surface area (Å²) in [7, 11) is 0. The van der Waals surface area contributed by atoms with Gasteiger partial charge in [0.15, 0.2) is 0 Å². The van der Waals surface area contributed by atoms with Crippen LogP contribution in [0.25, 0.3) is 11.5 Å². The van der Waals surface area contributed by atoms with Crippen LogP contribution in [0, 0.1) is 0 Å². The lowest BCUT2D eigenvalue weighted by atomic mass is 10.2. The fourth-order valence-corrected chi connectivity index (χ4v) is 3.92. The van der Waals surface area contributed by atoms with E-state index in [-0.39, 0.29) is 5.91 Å². The number of rotatable bonds is 7. The van der Waals surface area contributed by atoms with Gasteiger partial charge in [-0.15, -0.1) is 21.5 Å². The molecule has 3 aromatic heterocycles. The minimum atomic E-state index is 0.168. The smallest absolute Gasteiger partial charge is 0.248 e. The molecule has 1 saturated carbocycles. The summed E-state index contributed by atoms with van der Waals surface area (Å²) in [5.74, 6) is 1.22. The summed E-state index contributed by atoms with van der Waals surface area (Å²) in [6.07, 6.45) is 3.12. The molecule has 1 fully saturated rings. The summed E-state index contributed by atoms with van der Waals surface area (Å²) >= 11 is 3.29. The fourth-order valence-electron chi connectivity index (χ4n) is 2.59. The molecule has 124 valence electrons. The van der Waals surface area contributed by atoms with Crippen LogP contribution in [0.3, 0.4) is 0 Å². The first-order valence-electron chi connectivity index (χ1n) is 7.96. The Morgan fingerprint density at radius 2 is 2.21 bits per heavy atom. The van der Waals surface area contributed by atoms with Gasteiger partial charge in [-0.2, -0.15) is 11.3 Å². The molecule has 0 spiro atoms. The largest absolute Gasteiger partial charge is 0.421 e. The molecular weight excluding hydrogens is 342 g/mol. The van der Waals surface area contributed by atoms with Crippen LogP contribution in [0.4, 0.5) is 0 Å². The van der Waals surface area contributed by atoms with Crippen LogP contribution in [0.1, 0.15) is 30.0 Å². The Kier molecular flexibility index (Phi) is 4.44. The number of thiophene rings is 2. The highest BCUT2D eigenvalue weighted by molar-refractivity contribution is 7.09. The maximum absolute atomic E-state index is 12.6. The Morgan fingerprint density at radius 3 is 2.92 bits per heavy atom. The van der Waals surface area contributed by atoms with Crippen molar-refractivity contribution in [3.63, 3.8) is 0 Å². The van der Waals surface area contributed by atoms with Gasteiger partial charge in [-0.3, -0.25) is 4.79 Å². The summed E-state index contributed by atoms with van der Waals surface area (Å²) in [6, 6.07) is 6.46. The molecule has 7 heteroatoms. The maximum Gasteiger partial charge on any atom is 0.248 e. The number of carbonyl (C=O) groups excluding carboxylic acids is 1. The summed E-state index contributed by atoms with van der Waals surface area (Å²) in [4.78, 5) is 15.8. The summed E-state index contributed by atoms with van der Waals surface area (Å²) in [5.41, 5.74) is 0.933. The Labute approximate surface area is 147 Å². The van der Waals surface area contributed by atoms with Crippen molar-refractivity contribution in [2.45, 2.75) is 38.3 Å². The van der Waals surface area contributed by atoms with Crippen LogP contribution in [-0.4, -0.2) is 27.0 Å². The minimum absolute atomic E-state index is 0.168. The van der Waals surface area contributed by atoms with Crippen LogP contribution < -0.4 is 0 Å². The van der Waals surface area contributed by atoms with E-state index in [1.807, 2.05) is 27.8 Å². The van der Waals surface area contributed by atoms with Gasteiger partial charge in [0.25, 0.3) is 0 Å². The topological polar surface area (TPSA) is 59.2 Å². The van der Waals surface area contributed by atoms with Crippen molar-refractivity contribution in [1.82, 2.24) is 15.1 Å². The highest BCUT2D eigenvalue weighted by Crippen LogP contribution is 2.30. The van der Waals surface area contributed by atoms with Gasteiger partial charge in [-0.05, 0) is 35.7 Å². The minimum Gasteiger partial charge on any atom is -0.421 e. The van der Waals surface area contributed by atoms with E-state index in [1.165, 1.54) is 4.88 Å². The van der Waals surface area contributed by atoms with E-state index in [4.69, 9.17) is 4.42 Å². The molecule has 5 nitrogen and oxygen atoms in total. The van der Waals surface area contributed by atoms with Crippen molar-refractivity contribution in [3.05, 3.63) is 45.1 Å². The van der Waals surface area contributed by atoms with Crippen molar-refractivity contribution >= 4 is 28.6 Å². The van der Waals surface area contributed by atoms with E-state index >= 15 is 0 Å².